The normalized spacial score (nSPS) is 20.8. The average Bonchev–Trinajstić information content (AvgIpc) is 2.82. The Morgan fingerprint density at radius 1 is 1.09 bits per heavy atom. The summed E-state index contributed by atoms with van der Waals surface area (Å²) in [5.74, 6) is 1.15. The Kier molecular flexibility index (Phi) is 6.98. The van der Waals surface area contributed by atoms with Crippen molar-refractivity contribution in [3.8, 4) is 5.75 Å². The van der Waals surface area contributed by atoms with Crippen molar-refractivity contribution in [1.29, 1.82) is 0 Å². The van der Waals surface area contributed by atoms with E-state index in [1.807, 2.05) is 35.2 Å². The number of hydrogen-bond acceptors (Lipinski definition) is 5. The standard InChI is InChI=1S/C26H34N4O3/c1-19(2)16-23-24(31)30(18-21-6-4-5-13-27-21)26(25(32)28-23)11-14-29(15-12-26)17-20-7-9-22(33-3)10-8-20/h4-10,13,19,23H,11-12,14-18H2,1-3H3,(H,28,32). The molecular weight excluding hydrogens is 416 g/mol. The largest absolute Gasteiger partial charge is 0.497 e. The molecule has 0 radical (unpaired) electrons. The lowest BCUT2D eigenvalue weighted by Crippen LogP contribution is -2.72. The number of piperidine rings is 1. The Bertz CT molecular complexity index is 953. The number of aromatic nitrogens is 1. The molecular formula is C26H34N4O3. The molecule has 2 saturated heterocycles. The molecule has 2 aliphatic heterocycles. The number of rotatable bonds is 7. The Hall–Kier alpha value is -2.93. The molecule has 33 heavy (non-hydrogen) atoms. The molecule has 2 fully saturated rings. The van der Waals surface area contributed by atoms with Crippen LogP contribution in [0.1, 0.15) is 44.4 Å². The molecule has 3 heterocycles. The van der Waals surface area contributed by atoms with Gasteiger partial charge >= 0.3 is 0 Å². The summed E-state index contributed by atoms with van der Waals surface area (Å²) in [5, 5.41) is 3.07. The van der Waals surface area contributed by atoms with E-state index in [0.29, 0.717) is 31.7 Å². The molecule has 7 heteroatoms. The summed E-state index contributed by atoms with van der Waals surface area (Å²) in [6.45, 7) is 6.82. The second-order valence-electron chi connectivity index (χ2n) is 9.56. The molecule has 2 aromatic rings. The van der Waals surface area contributed by atoms with Crippen molar-refractivity contribution in [3.63, 3.8) is 0 Å². The van der Waals surface area contributed by atoms with Gasteiger partial charge in [-0.25, -0.2) is 0 Å². The highest BCUT2D eigenvalue weighted by Gasteiger charge is 2.53. The van der Waals surface area contributed by atoms with Gasteiger partial charge in [0.2, 0.25) is 11.8 Å². The van der Waals surface area contributed by atoms with Crippen LogP contribution >= 0.6 is 0 Å². The lowest BCUT2D eigenvalue weighted by Gasteiger charge is -2.51. The molecule has 0 bridgehead atoms. The number of hydrogen-bond donors (Lipinski definition) is 1. The molecule has 1 N–H and O–H groups in total. The molecule has 4 rings (SSSR count). The highest BCUT2D eigenvalue weighted by molar-refractivity contribution is 6.00. The lowest BCUT2D eigenvalue weighted by atomic mass is 9.80. The molecule has 176 valence electrons. The van der Waals surface area contributed by atoms with E-state index in [2.05, 4.69) is 41.2 Å². The van der Waals surface area contributed by atoms with Crippen molar-refractivity contribution in [3.05, 3.63) is 59.9 Å². The van der Waals surface area contributed by atoms with Gasteiger partial charge in [-0.2, -0.15) is 0 Å². The van der Waals surface area contributed by atoms with Crippen LogP contribution in [0.4, 0.5) is 0 Å². The third-order valence-electron chi connectivity index (χ3n) is 6.81. The van der Waals surface area contributed by atoms with E-state index in [4.69, 9.17) is 4.74 Å². The Morgan fingerprint density at radius 3 is 2.42 bits per heavy atom. The third-order valence-corrected chi connectivity index (χ3v) is 6.81. The molecule has 2 amide bonds. The first-order chi connectivity index (χ1) is 15.9. The van der Waals surface area contributed by atoms with E-state index in [0.717, 1.165) is 31.1 Å². The number of nitrogens with one attached hydrogen (secondary N) is 1. The minimum Gasteiger partial charge on any atom is -0.497 e. The number of ether oxygens (including phenoxy) is 1. The third kappa shape index (κ3) is 5.03. The summed E-state index contributed by atoms with van der Waals surface area (Å²) in [7, 11) is 1.66. The zero-order chi connectivity index (χ0) is 23.4. The van der Waals surface area contributed by atoms with Crippen molar-refractivity contribution >= 4 is 11.8 Å². The van der Waals surface area contributed by atoms with E-state index in [1.165, 1.54) is 5.56 Å². The number of nitrogens with zero attached hydrogens (tertiary/aromatic N) is 3. The predicted octanol–water partition coefficient (Wildman–Crippen LogP) is 3.00. The maximum absolute atomic E-state index is 13.6. The molecule has 1 aromatic carbocycles. The second kappa shape index (κ2) is 9.91. The Labute approximate surface area is 196 Å². The number of piperazine rings is 1. The first-order valence-corrected chi connectivity index (χ1v) is 11.8. The molecule has 1 aromatic heterocycles. The van der Waals surface area contributed by atoms with Gasteiger partial charge in [0.1, 0.15) is 17.3 Å². The fourth-order valence-corrected chi connectivity index (χ4v) is 4.96. The summed E-state index contributed by atoms with van der Waals surface area (Å²) in [4.78, 5) is 35.7. The Balaban J connectivity index is 1.52. The highest BCUT2D eigenvalue weighted by atomic mass is 16.5. The average molecular weight is 451 g/mol. The number of benzene rings is 1. The SMILES string of the molecule is COc1ccc(CN2CCC3(CC2)C(=O)NC(CC(C)C)C(=O)N3Cc2ccccn2)cc1. The second-order valence-corrected chi connectivity index (χ2v) is 9.56. The maximum atomic E-state index is 13.6. The van der Waals surface area contributed by atoms with E-state index < -0.39 is 11.6 Å². The van der Waals surface area contributed by atoms with Crippen molar-refractivity contribution < 1.29 is 14.3 Å². The number of pyridine rings is 1. The van der Waals surface area contributed by atoms with Gasteiger partial charge in [0, 0.05) is 25.8 Å². The highest BCUT2D eigenvalue weighted by Crippen LogP contribution is 2.35. The molecule has 0 aliphatic carbocycles. The molecule has 1 spiro atoms. The summed E-state index contributed by atoms with van der Waals surface area (Å²) in [6, 6.07) is 13.3. The first kappa shape index (κ1) is 23.2. The van der Waals surface area contributed by atoms with E-state index in [1.54, 1.807) is 13.3 Å². The van der Waals surface area contributed by atoms with Gasteiger partial charge in [-0.05, 0) is 55.0 Å². The summed E-state index contributed by atoms with van der Waals surface area (Å²) < 4.78 is 5.25. The van der Waals surface area contributed by atoms with E-state index >= 15 is 0 Å². The van der Waals surface area contributed by atoms with Crippen LogP contribution in [0.25, 0.3) is 0 Å². The number of methoxy groups -OCH3 is 1. The zero-order valence-corrected chi connectivity index (χ0v) is 19.8. The van der Waals surface area contributed by atoms with Crippen molar-refractivity contribution in [2.24, 2.45) is 5.92 Å². The number of carbonyl (C=O) groups excluding carboxylic acids is 2. The fraction of sp³-hybridized carbons (Fsp3) is 0.500. The zero-order valence-electron chi connectivity index (χ0n) is 19.8. The molecule has 7 nitrogen and oxygen atoms in total. The summed E-state index contributed by atoms with van der Waals surface area (Å²) >= 11 is 0. The van der Waals surface area contributed by atoms with Crippen LogP contribution < -0.4 is 10.1 Å². The number of likely N-dealkylation sites (tertiary alicyclic amines) is 1. The first-order valence-electron chi connectivity index (χ1n) is 11.8. The number of carbonyl (C=O) groups is 2. The van der Waals surface area contributed by atoms with Gasteiger partial charge in [0.25, 0.3) is 0 Å². The summed E-state index contributed by atoms with van der Waals surface area (Å²) in [6.07, 6.45) is 3.60. The Morgan fingerprint density at radius 2 is 1.82 bits per heavy atom. The fourth-order valence-electron chi connectivity index (χ4n) is 4.96. The van der Waals surface area contributed by atoms with Crippen LogP contribution in [0.3, 0.4) is 0 Å². The predicted molar refractivity (Wildman–Crippen MR) is 126 cm³/mol. The van der Waals surface area contributed by atoms with Crippen molar-refractivity contribution in [2.45, 2.75) is 57.8 Å². The quantitative estimate of drug-likeness (QED) is 0.702. The van der Waals surface area contributed by atoms with Gasteiger partial charge in [-0.3, -0.25) is 19.5 Å². The van der Waals surface area contributed by atoms with Gasteiger partial charge in [0.15, 0.2) is 0 Å². The topological polar surface area (TPSA) is 74.8 Å². The van der Waals surface area contributed by atoms with Gasteiger partial charge in [0.05, 0.1) is 19.3 Å². The van der Waals surface area contributed by atoms with Crippen LogP contribution in [0, 0.1) is 5.92 Å². The van der Waals surface area contributed by atoms with Crippen LogP contribution in [0.2, 0.25) is 0 Å². The van der Waals surface area contributed by atoms with Crippen LogP contribution in [-0.4, -0.2) is 58.4 Å². The van der Waals surface area contributed by atoms with E-state index in [-0.39, 0.29) is 11.8 Å². The van der Waals surface area contributed by atoms with Crippen LogP contribution in [0.5, 0.6) is 5.75 Å². The molecule has 0 saturated carbocycles. The van der Waals surface area contributed by atoms with Crippen LogP contribution in [-0.2, 0) is 22.7 Å². The van der Waals surface area contributed by atoms with Crippen molar-refractivity contribution in [1.82, 2.24) is 20.1 Å². The van der Waals surface area contributed by atoms with Gasteiger partial charge in [-0.1, -0.05) is 32.0 Å². The monoisotopic (exact) mass is 450 g/mol. The minimum absolute atomic E-state index is 0.0116. The molecule has 2 aliphatic rings. The van der Waals surface area contributed by atoms with Crippen LogP contribution in [0.15, 0.2) is 48.7 Å². The smallest absolute Gasteiger partial charge is 0.246 e. The molecule has 1 unspecified atom stereocenters. The van der Waals surface area contributed by atoms with Gasteiger partial charge in [-0.15, -0.1) is 0 Å². The van der Waals surface area contributed by atoms with E-state index in [9.17, 15) is 9.59 Å². The lowest BCUT2D eigenvalue weighted by molar-refractivity contribution is -0.162. The minimum atomic E-state index is -0.821. The maximum Gasteiger partial charge on any atom is 0.246 e. The van der Waals surface area contributed by atoms with Crippen molar-refractivity contribution in [2.75, 3.05) is 20.2 Å². The molecule has 1 atom stereocenters. The number of amides is 2. The summed E-state index contributed by atoms with van der Waals surface area (Å²) in [5.41, 5.74) is 1.19. The van der Waals surface area contributed by atoms with Gasteiger partial charge < -0.3 is 15.0 Å².